The first-order valence-electron chi connectivity index (χ1n) is 50.9. The summed E-state index contributed by atoms with van der Waals surface area (Å²) in [6, 6.07) is 164. The summed E-state index contributed by atoms with van der Waals surface area (Å²) in [4.78, 5) is 20.0. The summed E-state index contributed by atoms with van der Waals surface area (Å²) in [6.45, 7) is 21.9. The van der Waals surface area contributed by atoms with E-state index in [0.29, 0.717) is 0 Å². The van der Waals surface area contributed by atoms with E-state index in [1.165, 1.54) is 65.9 Å². The van der Waals surface area contributed by atoms with Crippen LogP contribution in [0.4, 0.5) is 45.5 Å². The van der Waals surface area contributed by atoms with Gasteiger partial charge in [0.05, 0.1) is 61.2 Å². The minimum atomic E-state index is -0.290. The number of aryl methyl sites for hydroxylation is 4. The van der Waals surface area contributed by atoms with Crippen LogP contribution in [0.1, 0.15) is 74.9 Å². The Balaban J connectivity index is 0.000000153. The molecule has 728 valence electrons. The van der Waals surface area contributed by atoms with Gasteiger partial charge in [-0.3, -0.25) is 9.13 Å². The molecule has 28 rings (SSSR count). The molecule has 0 atom stereocenters. The topological polar surface area (TPSA) is 76.1 Å². The molecule has 0 spiro atoms. The molecule has 26 aromatic rings. The summed E-state index contributed by atoms with van der Waals surface area (Å²) in [6.07, 6.45) is 11.7. The van der Waals surface area contributed by atoms with Gasteiger partial charge in [0, 0.05) is 104 Å². The molecule has 0 N–H and O–H groups in total. The molecule has 18 heteroatoms. The number of anilines is 8. The number of hydrogen-bond acceptors (Lipinski definition) is 6. The zero-order chi connectivity index (χ0) is 99.6. The van der Waals surface area contributed by atoms with E-state index in [1.807, 2.05) is 12.4 Å². The van der Waals surface area contributed by atoms with Crippen LogP contribution in [0.3, 0.4) is 0 Å². The van der Waals surface area contributed by atoms with Crippen molar-refractivity contribution < 1.29 is 51.3 Å². The first-order valence-corrected chi connectivity index (χ1v) is 50.9. The van der Waals surface area contributed by atoms with Crippen molar-refractivity contribution >= 4 is 180 Å². The van der Waals surface area contributed by atoms with Crippen LogP contribution in [0.5, 0.6) is 0 Å². The molecule has 0 fully saturated rings. The summed E-state index contributed by atoms with van der Waals surface area (Å²) in [5.74, 6) is 1.74. The minimum Gasteiger partial charge on any atom is -0.415 e. The Morgan fingerprint density at radius 2 is 0.593 bits per heavy atom. The molecule has 0 unspecified atom stereocenters. The number of hydrogen-bond donors (Lipinski definition) is 0. The Morgan fingerprint density at radius 1 is 0.260 bits per heavy atom. The predicted octanol–water partition coefficient (Wildman–Crippen LogP) is 29.0. The van der Waals surface area contributed by atoms with Crippen LogP contribution in [0.15, 0.2) is 425 Å². The number of pyridine rings is 2. The largest absolute Gasteiger partial charge is 0.415 e. The number of nitrogens with zero attached hydrogens (tertiary/aromatic N) is 14. The molecule has 150 heavy (non-hydrogen) atoms. The molecule has 0 aliphatic carbocycles. The molecule has 0 saturated carbocycles. The molecule has 14 nitrogen and oxygen atoms in total. The fraction of sp³-hybridized carbons (Fsp3) is 0.0909. The normalized spacial score (nSPS) is 12.7. The molecule has 0 radical (unpaired) electrons. The number of rotatable bonds is 14. The Labute approximate surface area is 901 Å². The summed E-state index contributed by atoms with van der Waals surface area (Å²) < 4.78 is 18.2. The van der Waals surface area contributed by atoms with Gasteiger partial charge in [-0.05, 0) is 192 Å². The standard InChI is InChI=1S/2C66H50BN7.2Pt/c1-44-20-18-21-45(2)64(44)67-73(48-24-10-7-11-25-48)59-37-35-49(41-62(59)74(67)50-34-36-53-51-26-12-15-30-56(51)72(61(53)42-50)63-40-46(38-39-68-63)66(3,4)5)69-43-70(58-32-17-16-31-57(58)69)60-33-19-28-54-52-27-13-14-29-55(52)71(65(54)60)47-22-8-6-9-23-47;1-44-20-19-21-45(2)65(44)67-73(47-22-7-6-8-23-47)61-37-35-48(41-63(61)74(67)49-34-36-53-52-26-11-14-29-56(52)72(62(53)42-49)64-40-46(38-39-68-64)66(3,4)5)69-43-70(58-31-16-15-30-57(58)69)59-32-17-18-33-60(59)71-54-27-12-9-24-50(54)51-25-10-13-28-55(51)71;;/h2*6-40H,1-5H3;;/q2*-2;;. The van der Waals surface area contributed by atoms with Crippen LogP contribution in [0, 0.1) is 64.6 Å². The van der Waals surface area contributed by atoms with Crippen molar-refractivity contribution in [2.24, 2.45) is 0 Å². The quantitative estimate of drug-likeness (QED) is 0.0613. The third-order valence-corrected chi connectivity index (χ3v) is 30.2. The van der Waals surface area contributed by atoms with E-state index >= 15 is 0 Å². The average molecular weight is 2290 g/mol. The van der Waals surface area contributed by atoms with Gasteiger partial charge in [0.15, 0.2) is 0 Å². The molecular formula is C132H100B2N14Pt2-4. The SMILES string of the molecule is Cc1cccc(C)c1B1N(c2[c-]c3c(cc2)c2ccccc2n3-c2cc(C(C)(C)C)ccn2)c2[c-]c(-n3[c-][n+](-c4cccc5c6ccccc6n(-c6ccccc6)c45)c4ccccc43)ccc2N1c1ccccc1.Cc1cccc(C)c1B1N(c2[c-]c3c(cc2)c2ccccc2n3-c2cc(C(C)(C)C)ccn2)c2[c-]c(-n3[c-][n+](-c4ccccc4-n4c5ccccc5c5ccccc54)c4ccccc43)ccc2N1c1ccccc1.[Pt].[Pt]. The van der Waals surface area contributed by atoms with E-state index in [2.05, 4.69) is 574 Å². The van der Waals surface area contributed by atoms with Crippen LogP contribution < -0.4 is 39.3 Å². The van der Waals surface area contributed by atoms with E-state index in [-0.39, 0.29) is 66.9 Å². The van der Waals surface area contributed by atoms with Crippen molar-refractivity contribution in [3.8, 4) is 45.8 Å². The van der Waals surface area contributed by atoms with Gasteiger partial charge >= 0.3 is 14.0 Å². The molecule has 2 aliphatic heterocycles. The molecule has 0 amide bonds. The van der Waals surface area contributed by atoms with E-state index in [9.17, 15) is 0 Å². The molecule has 8 aromatic heterocycles. The van der Waals surface area contributed by atoms with Gasteiger partial charge in [0.2, 0.25) is 0 Å². The minimum absolute atomic E-state index is 0. The van der Waals surface area contributed by atoms with Gasteiger partial charge in [0.1, 0.15) is 11.6 Å². The summed E-state index contributed by atoms with van der Waals surface area (Å²) in [5, 5.41) is 9.38. The second-order valence-corrected chi connectivity index (χ2v) is 41.1. The Morgan fingerprint density at radius 3 is 1.03 bits per heavy atom. The fourth-order valence-electron chi connectivity index (χ4n) is 23.3. The molecule has 0 bridgehead atoms. The maximum absolute atomic E-state index is 5.04. The molecule has 18 aromatic carbocycles. The predicted molar refractivity (Wildman–Crippen MR) is 610 cm³/mol. The van der Waals surface area contributed by atoms with Crippen LogP contribution in [0.2, 0.25) is 0 Å². The number of fused-ring (bicyclic) bond motifs is 16. The number of imidazole rings is 2. The van der Waals surface area contributed by atoms with Crippen molar-refractivity contribution in [1.29, 1.82) is 0 Å². The first kappa shape index (κ1) is 94.1. The van der Waals surface area contributed by atoms with Gasteiger partial charge in [-0.25, -0.2) is 9.97 Å². The molecule has 2 aliphatic rings. The van der Waals surface area contributed by atoms with Crippen molar-refractivity contribution in [3.05, 3.63) is 495 Å². The smallest absolute Gasteiger partial charge is 0.406 e. The van der Waals surface area contributed by atoms with Crippen LogP contribution in [-0.4, -0.2) is 51.3 Å². The van der Waals surface area contributed by atoms with Gasteiger partial charge in [-0.2, -0.15) is 48.5 Å². The summed E-state index contributed by atoms with van der Waals surface area (Å²) in [5.41, 5.74) is 36.3. The van der Waals surface area contributed by atoms with E-state index < -0.39 is 0 Å². The van der Waals surface area contributed by atoms with Crippen molar-refractivity contribution in [2.45, 2.75) is 80.1 Å². The van der Waals surface area contributed by atoms with Crippen LogP contribution in [-0.2, 0) is 53.0 Å². The zero-order valence-electron chi connectivity index (χ0n) is 84.5. The maximum atomic E-state index is 5.04. The molecule has 10 heterocycles. The Hall–Kier alpha value is -16.9. The number of benzene rings is 18. The van der Waals surface area contributed by atoms with Gasteiger partial charge in [-0.15, -0.1) is 35.0 Å². The summed E-state index contributed by atoms with van der Waals surface area (Å²) in [7, 11) is 0. The summed E-state index contributed by atoms with van der Waals surface area (Å²) >= 11 is 0. The Bertz CT molecular complexity index is 9760. The fourth-order valence-corrected chi connectivity index (χ4v) is 23.3. The van der Waals surface area contributed by atoms with E-state index in [4.69, 9.17) is 9.97 Å². The second-order valence-electron chi connectivity index (χ2n) is 41.1. The third-order valence-electron chi connectivity index (χ3n) is 30.2. The number of para-hydroxylation sites is 15. The molecule has 0 saturated heterocycles. The van der Waals surface area contributed by atoms with Crippen molar-refractivity contribution in [2.75, 3.05) is 19.2 Å². The number of aromatic nitrogens is 10. The molecular weight excluding hydrogens is 2190 g/mol. The van der Waals surface area contributed by atoms with Gasteiger partial charge in [0.25, 0.3) is 12.7 Å². The van der Waals surface area contributed by atoms with E-state index in [1.54, 1.807) is 0 Å². The second kappa shape index (κ2) is 37.2. The zero-order valence-corrected chi connectivity index (χ0v) is 89.0. The third kappa shape index (κ3) is 15.3. The first-order chi connectivity index (χ1) is 72.4. The van der Waals surface area contributed by atoms with Crippen LogP contribution in [0.25, 0.3) is 155 Å². The van der Waals surface area contributed by atoms with Crippen molar-refractivity contribution in [3.63, 3.8) is 0 Å². The van der Waals surface area contributed by atoms with Crippen molar-refractivity contribution in [1.82, 2.24) is 37.4 Å². The van der Waals surface area contributed by atoms with E-state index in [0.717, 1.165) is 179 Å². The Kier molecular flexibility index (Phi) is 23.3. The maximum Gasteiger partial charge on any atom is 0.406 e. The van der Waals surface area contributed by atoms with Gasteiger partial charge < -0.3 is 46.6 Å². The van der Waals surface area contributed by atoms with Crippen LogP contribution >= 0.6 is 0 Å². The average Bonchev–Trinajstić information content (AvgIpc) is 1.56. The van der Waals surface area contributed by atoms with Gasteiger partial charge in [-0.1, -0.05) is 364 Å². The monoisotopic (exact) mass is 2290 g/mol.